The Balaban J connectivity index is 1.50. The number of carbonyl (C=O) groups excluding carboxylic acids is 1. The standard InChI is InChI=1S/C26H23ClF5N5O3/c1-39-21-11-16(6-8-20(21)36-12-22(27)33-14-36)34-23-13-35-9-3-2-4-17(15-5-7-18(28)19(29)10-15)24(35)37(23)40-25(38)26(30,31)32/h5-8,10-14,17,24,34H,2-4,9H2,1H3. The van der Waals surface area contributed by atoms with Gasteiger partial charge in [0.25, 0.3) is 0 Å². The van der Waals surface area contributed by atoms with Crippen molar-refractivity contribution in [2.24, 2.45) is 0 Å². The van der Waals surface area contributed by atoms with Crippen molar-refractivity contribution in [2.75, 3.05) is 19.0 Å². The maximum Gasteiger partial charge on any atom is 0.493 e. The molecular formula is C26H23ClF5N5O3. The fourth-order valence-corrected chi connectivity index (χ4v) is 5.08. The van der Waals surface area contributed by atoms with Crippen molar-refractivity contribution in [1.29, 1.82) is 0 Å². The molecule has 212 valence electrons. The topological polar surface area (TPSA) is 71.9 Å². The van der Waals surface area contributed by atoms with Crippen molar-refractivity contribution in [3.8, 4) is 11.4 Å². The summed E-state index contributed by atoms with van der Waals surface area (Å²) in [6.07, 6.45) is 0.177. The second-order valence-corrected chi connectivity index (χ2v) is 9.65. The Bertz CT molecular complexity index is 1450. The zero-order chi connectivity index (χ0) is 28.6. The van der Waals surface area contributed by atoms with E-state index in [1.54, 1.807) is 40.1 Å². The first-order valence-electron chi connectivity index (χ1n) is 12.2. The monoisotopic (exact) mass is 583 g/mol. The van der Waals surface area contributed by atoms with Crippen LogP contribution in [0.25, 0.3) is 5.69 Å². The van der Waals surface area contributed by atoms with Gasteiger partial charge in [-0.2, -0.15) is 18.2 Å². The highest BCUT2D eigenvalue weighted by Gasteiger charge is 2.48. The van der Waals surface area contributed by atoms with Crippen LogP contribution in [0.3, 0.4) is 0 Å². The van der Waals surface area contributed by atoms with Crippen molar-refractivity contribution in [1.82, 2.24) is 19.5 Å². The molecule has 0 saturated carbocycles. The van der Waals surface area contributed by atoms with Gasteiger partial charge in [0.1, 0.15) is 23.4 Å². The molecule has 2 unspecified atom stereocenters. The molecule has 3 aromatic rings. The number of aromatic nitrogens is 2. The van der Waals surface area contributed by atoms with E-state index >= 15 is 0 Å². The number of alkyl halides is 3. The second-order valence-electron chi connectivity index (χ2n) is 9.26. The number of hydrogen-bond acceptors (Lipinski definition) is 7. The lowest BCUT2D eigenvalue weighted by Gasteiger charge is -2.36. The number of fused-ring (bicyclic) bond motifs is 1. The van der Waals surface area contributed by atoms with Crippen LogP contribution in [0, 0.1) is 11.6 Å². The number of halogens is 6. The predicted octanol–water partition coefficient (Wildman–Crippen LogP) is 5.96. The molecule has 1 saturated heterocycles. The Morgan fingerprint density at radius 2 is 1.93 bits per heavy atom. The van der Waals surface area contributed by atoms with Gasteiger partial charge < -0.3 is 24.4 Å². The average molecular weight is 584 g/mol. The fraction of sp³-hybridized carbons (Fsp3) is 0.308. The maximum absolute atomic E-state index is 14.1. The van der Waals surface area contributed by atoms with Gasteiger partial charge in [0.2, 0.25) is 0 Å². The molecule has 1 aromatic heterocycles. The number of nitrogens with zero attached hydrogens (tertiary/aromatic N) is 4. The summed E-state index contributed by atoms with van der Waals surface area (Å²) in [7, 11) is 1.45. The number of methoxy groups -OCH3 is 1. The van der Waals surface area contributed by atoms with Crippen LogP contribution in [0.5, 0.6) is 5.75 Å². The minimum absolute atomic E-state index is 0.0394. The van der Waals surface area contributed by atoms with Crippen LogP contribution in [0.15, 0.2) is 60.9 Å². The molecule has 1 N–H and O–H groups in total. The van der Waals surface area contributed by atoms with Gasteiger partial charge in [0.05, 0.1) is 12.8 Å². The number of rotatable bonds is 6. The van der Waals surface area contributed by atoms with Crippen LogP contribution in [0.4, 0.5) is 27.6 Å². The van der Waals surface area contributed by atoms with Crippen molar-refractivity contribution < 1.29 is 36.3 Å². The Kier molecular flexibility index (Phi) is 7.49. The lowest BCUT2D eigenvalue weighted by molar-refractivity contribution is -0.242. The Hall–Kier alpha value is -4.00. The van der Waals surface area contributed by atoms with Gasteiger partial charge in [-0.3, -0.25) is 0 Å². The van der Waals surface area contributed by atoms with Crippen molar-refractivity contribution >= 4 is 23.3 Å². The summed E-state index contributed by atoms with van der Waals surface area (Å²) >= 11 is 5.92. The van der Waals surface area contributed by atoms with Crippen LogP contribution in [-0.4, -0.2) is 51.5 Å². The molecule has 1 fully saturated rings. The third-order valence-corrected chi connectivity index (χ3v) is 6.91. The number of ether oxygens (including phenoxy) is 1. The molecule has 2 aromatic carbocycles. The molecule has 2 aliphatic heterocycles. The summed E-state index contributed by atoms with van der Waals surface area (Å²) in [5.74, 6) is -4.72. The van der Waals surface area contributed by atoms with Gasteiger partial charge in [-0.25, -0.2) is 18.6 Å². The predicted molar refractivity (Wildman–Crippen MR) is 134 cm³/mol. The van der Waals surface area contributed by atoms with Gasteiger partial charge in [-0.15, -0.1) is 0 Å². The van der Waals surface area contributed by atoms with E-state index < -0.39 is 35.9 Å². The number of anilines is 1. The smallest absolute Gasteiger partial charge is 0.493 e. The number of nitrogens with one attached hydrogen (secondary N) is 1. The molecule has 0 radical (unpaired) electrons. The van der Waals surface area contributed by atoms with E-state index in [-0.39, 0.29) is 11.0 Å². The minimum Gasteiger partial charge on any atom is -0.494 e. The summed E-state index contributed by atoms with van der Waals surface area (Å²) in [5, 5.41) is 4.13. The van der Waals surface area contributed by atoms with Crippen LogP contribution in [0.1, 0.15) is 30.7 Å². The number of carbonyl (C=O) groups is 1. The molecule has 0 amide bonds. The Labute approximate surface area is 230 Å². The number of benzene rings is 2. The van der Waals surface area contributed by atoms with Crippen molar-refractivity contribution in [3.05, 3.63) is 83.3 Å². The molecule has 0 spiro atoms. The first kappa shape index (κ1) is 27.6. The van der Waals surface area contributed by atoms with Crippen molar-refractivity contribution in [2.45, 2.75) is 37.5 Å². The van der Waals surface area contributed by atoms with Gasteiger partial charge in [0, 0.05) is 36.6 Å². The van der Waals surface area contributed by atoms with Crippen LogP contribution in [-0.2, 0) is 9.63 Å². The quantitative estimate of drug-likeness (QED) is 0.359. The molecule has 0 bridgehead atoms. The van der Waals surface area contributed by atoms with Gasteiger partial charge in [0.15, 0.2) is 17.5 Å². The van der Waals surface area contributed by atoms with E-state index in [4.69, 9.17) is 21.2 Å². The summed E-state index contributed by atoms with van der Waals surface area (Å²) < 4.78 is 74.8. The summed E-state index contributed by atoms with van der Waals surface area (Å²) in [6.45, 7) is 0.430. The second kappa shape index (κ2) is 10.9. The van der Waals surface area contributed by atoms with E-state index in [1.165, 1.54) is 19.5 Å². The van der Waals surface area contributed by atoms with Crippen LogP contribution >= 0.6 is 11.6 Å². The highest BCUT2D eigenvalue weighted by molar-refractivity contribution is 6.29. The third kappa shape index (κ3) is 5.51. The van der Waals surface area contributed by atoms with Crippen molar-refractivity contribution in [3.63, 3.8) is 0 Å². The molecule has 5 rings (SSSR count). The van der Waals surface area contributed by atoms with Gasteiger partial charge in [-0.1, -0.05) is 24.1 Å². The molecule has 3 heterocycles. The maximum atomic E-state index is 14.1. The molecule has 8 nitrogen and oxygen atoms in total. The van der Waals surface area contributed by atoms with E-state index in [1.807, 2.05) is 0 Å². The third-order valence-electron chi connectivity index (χ3n) is 6.71. The van der Waals surface area contributed by atoms with E-state index in [0.717, 1.165) is 17.2 Å². The lowest BCUT2D eigenvalue weighted by Crippen LogP contribution is -2.47. The van der Waals surface area contributed by atoms with Crippen LogP contribution in [0.2, 0.25) is 5.15 Å². The molecule has 0 aliphatic carbocycles. The first-order chi connectivity index (χ1) is 19.0. The highest BCUT2D eigenvalue weighted by Crippen LogP contribution is 2.41. The molecule has 2 atom stereocenters. The van der Waals surface area contributed by atoms with Crippen LogP contribution < -0.4 is 10.1 Å². The Morgan fingerprint density at radius 1 is 1.12 bits per heavy atom. The minimum atomic E-state index is -5.27. The molecular weight excluding hydrogens is 561 g/mol. The SMILES string of the molecule is COc1cc(NC2=CN3CCCCC(c4ccc(F)c(F)c4)C3N2OC(=O)C(F)(F)F)ccc1-n1cnc(Cl)c1. The lowest BCUT2D eigenvalue weighted by atomic mass is 9.91. The molecule has 40 heavy (non-hydrogen) atoms. The average Bonchev–Trinajstić information content (AvgIpc) is 3.41. The van der Waals surface area contributed by atoms with E-state index in [2.05, 4.69) is 10.3 Å². The van der Waals surface area contributed by atoms with Gasteiger partial charge in [-0.05, 0) is 42.7 Å². The number of hydroxylamine groups is 2. The summed E-state index contributed by atoms with van der Waals surface area (Å²) in [5.41, 5.74) is 1.37. The summed E-state index contributed by atoms with van der Waals surface area (Å²) in [6, 6.07) is 8.30. The molecule has 14 heteroatoms. The summed E-state index contributed by atoms with van der Waals surface area (Å²) in [4.78, 5) is 22.6. The molecule has 2 aliphatic rings. The van der Waals surface area contributed by atoms with E-state index in [0.29, 0.717) is 48.5 Å². The number of hydrogen-bond donors (Lipinski definition) is 1. The largest absolute Gasteiger partial charge is 0.494 e. The number of imidazole rings is 1. The zero-order valence-electron chi connectivity index (χ0n) is 21.0. The normalized spacial score (nSPS) is 19.1. The highest BCUT2D eigenvalue weighted by atomic mass is 35.5. The zero-order valence-corrected chi connectivity index (χ0v) is 21.7. The van der Waals surface area contributed by atoms with E-state index in [9.17, 15) is 26.7 Å². The Morgan fingerprint density at radius 3 is 2.60 bits per heavy atom. The first-order valence-corrected chi connectivity index (χ1v) is 12.6. The fourth-order valence-electron chi connectivity index (χ4n) is 4.93. The van der Waals surface area contributed by atoms with Gasteiger partial charge >= 0.3 is 12.1 Å².